The van der Waals surface area contributed by atoms with Gasteiger partial charge >= 0.3 is 5.82 Å². The van der Waals surface area contributed by atoms with Gasteiger partial charge < -0.3 is 14.9 Å². The van der Waals surface area contributed by atoms with Crippen LogP contribution in [0.2, 0.25) is 0 Å². The van der Waals surface area contributed by atoms with Crippen molar-refractivity contribution in [3.8, 4) is 5.75 Å². The van der Waals surface area contributed by atoms with Crippen LogP contribution >= 0.6 is 0 Å². The molecule has 1 aromatic carbocycles. The van der Waals surface area contributed by atoms with Gasteiger partial charge in [-0.1, -0.05) is 19.9 Å². The maximum Gasteiger partial charge on any atom is 0.342 e. The van der Waals surface area contributed by atoms with E-state index in [2.05, 4.69) is 31.8 Å². The summed E-state index contributed by atoms with van der Waals surface area (Å²) in [5, 5.41) is 10.9. The van der Waals surface area contributed by atoms with Crippen molar-refractivity contribution < 1.29 is 9.66 Å². The van der Waals surface area contributed by atoms with Gasteiger partial charge in [0.15, 0.2) is 5.82 Å². The summed E-state index contributed by atoms with van der Waals surface area (Å²) in [5.74, 6) is 1.86. The molecule has 0 aliphatic heterocycles. The first-order chi connectivity index (χ1) is 10.4. The van der Waals surface area contributed by atoms with Gasteiger partial charge in [0.2, 0.25) is 0 Å². The highest BCUT2D eigenvalue weighted by molar-refractivity contribution is 5.36. The number of hydrogen-bond donors (Lipinski definition) is 0. The van der Waals surface area contributed by atoms with Crippen molar-refractivity contribution in [1.82, 2.24) is 9.55 Å². The molecule has 0 N–H and O–H groups in total. The Morgan fingerprint density at radius 2 is 2.09 bits per heavy atom. The van der Waals surface area contributed by atoms with E-state index in [1.54, 1.807) is 11.5 Å². The summed E-state index contributed by atoms with van der Waals surface area (Å²) < 4.78 is 7.26. The van der Waals surface area contributed by atoms with Gasteiger partial charge in [0.05, 0.1) is 0 Å². The Kier molecular flexibility index (Phi) is 4.80. The second-order valence-electron chi connectivity index (χ2n) is 5.59. The molecule has 2 aromatic rings. The van der Waals surface area contributed by atoms with Crippen LogP contribution in [0, 0.1) is 24.0 Å². The summed E-state index contributed by atoms with van der Waals surface area (Å²) in [7, 11) is 0. The molecule has 0 aliphatic rings. The van der Waals surface area contributed by atoms with E-state index in [0.29, 0.717) is 24.9 Å². The third-order valence-corrected chi connectivity index (χ3v) is 3.67. The molecule has 118 valence electrons. The van der Waals surface area contributed by atoms with E-state index in [1.165, 1.54) is 17.3 Å². The van der Waals surface area contributed by atoms with E-state index in [9.17, 15) is 10.1 Å². The van der Waals surface area contributed by atoms with Crippen LogP contribution in [0.4, 0.5) is 5.82 Å². The second-order valence-corrected chi connectivity index (χ2v) is 5.59. The molecule has 0 aliphatic carbocycles. The van der Waals surface area contributed by atoms with Crippen molar-refractivity contribution in [3.05, 3.63) is 51.5 Å². The van der Waals surface area contributed by atoms with Crippen molar-refractivity contribution >= 4 is 5.82 Å². The Balaban J connectivity index is 2.01. The average molecular weight is 303 g/mol. The molecule has 22 heavy (non-hydrogen) atoms. The zero-order valence-electron chi connectivity index (χ0n) is 13.4. The van der Waals surface area contributed by atoms with Gasteiger partial charge in [0, 0.05) is 6.92 Å². The van der Waals surface area contributed by atoms with Crippen LogP contribution in [0.25, 0.3) is 0 Å². The van der Waals surface area contributed by atoms with Gasteiger partial charge in [-0.15, -0.1) is 0 Å². The Hall–Kier alpha value is -2.37. The molecule has 1 heterocycles. The quantitative estimate of drug-likeness (QED) is 0.603. The monoisotopic (exact) mass is 303 g/mol. The summed E-state index contributed by atoms with van der Waals surface area (Å²) in [5.41, 5.74) is 2.49. The first kappa shape index (κ1) is 16.0. The van der Waals surface area contributed by atoms with E-state index >= 15 is 0 Å². The van der Waals surface area contributed by atoms with Gasteiger partial charge in [-0.25, -0.2) is 9.55 Å². The van der Waals surface area contributed by atoms with Crippen LogP contribution in [-0.4, -0.2) is 21.1 Å². The molecule has 0 bridgehead atoms. The maximum atomic E-state index is 10.9. The molecular formula is C16H21N3O3. The van der Waals surface area contributed by atoms with Crippen LogP contribution in [0.3, 0.4) is 0 Å². The highest BCUT2D eigenvalue weighted by atomic mass is 16.6. The van der Waals surface area contributed by atoms with Crippen LogP contribution in [0.15, 0.2) is 24.4 Å². The lowest BCUT2D eigenvalue weighted by Gasteiger charge is -2.12. The Morgan fingerprint density at radius 1 is 1.36 bits per heavy atom. The molecule has 0 saturated heterocycles. The molecule has 0 saturated carbocycles. The van der Waals surface area contributed by atoms with E-state index in [-0.39, 0.29) is 5.82 Å². The number of rotatable bonds is 6. The number of hydrogen-bond acceptors (Lipinski definition) is 4. The summed E-state index contributed by atoms with van der Waals surface area (Å²) in [4.78, 5) is 14.5. The van der Waals surface area contributed by atoms with Crippen molar-refractivity contribution in [2.45, 2.75) is 40.2 Å². The lowest BCUT2D eigenvalue weighted by atomic mass is 9.98. The number of benzene rings is 1. The first-order valence-electron chi connectivity index (χ1n) is 7.30. The number of ether oxygens (including phenoxy) is 1. The predicted molar refractivity (Wildman–Crippen MR) is 84.4 cm³/mol. The molecule has 6 nitrogen and oxygen atoms in total. The van der Waals surface area contributed by atoms with Crippen LogP contribution in [-0.2, 0) is 6.54 Å². The van der Waals surface area contributed by atoms with Gasteiger partial charge in [0.25, 0.3) is 0 Å². The summed E-state index contributed by atoms with van der Waals surface area (Å²) in [6.45, 7) is 8.88. The zero-order valence-corrected chi connectivity index (χ0v) is 13.4. The fourth-order valence-electron chi connectivity index (χ4n) is 2.52. The molecule has 0 unspecified atom stereocenters. The molecule has 0 spiro atoms. The largest absolute Gasteiger partial charge is 0.489 e. The van der Waals surface area contributed by atoms with Gasteiger partial charge in [-0.2, -0.15) is 0 Å². The summed E-state index contributed by atoms with van der Waals surface area (Å²) in [6.07, 6.45) is 1.27. The third kappa shape index (κ3) is 3.44. The summed E-state index contributed by atoms with van der Waals surface area (Å²) >= 11 is 0. The Labute approximate surface area is 129 Å². The SMILES string of the molecule is Cc1cc(OCCn2c([N+](=O)[O-])cnc2C)ccc1C(C)C. The van der Waals surface area contributed by atoms with Crippen molar-refractivity contribution in [2.75, 3.05) is 6.61 Å². The third-order valence-electron chi connectivity index (χ3n) is 3.67. The number of imidazole rings is 1. The molecule has 2 rings (SSSR count). The Bertz CT molecular complexity index is 677. The predicted octanol–water partition coefficient (Wildman–Crippen LogP) is 3.61. The highest BCUT2D eigenvalue weighted by Gasteiger charge is 2.17. The Morgan fingerprint density at radius 3 is 2.68 bits per heavy atom. The molecule has 0 atom stereocenters. The number of nitrogens with zero attached hydrogens (tertiary/aromatic N) is 3. The smallest absolute Gasteiger partial charge is 0.342 e. The fourth-order valence-corrected chi connectivity index (χ4v) is 2.52. The van der Waals surface area contributed by atoms with Gasteiger partial charge in [-0.3, -0.25) is 0 Å². The molecule has 1 aromatic heterocycles. The van der Waals surface area contributed by atoms with Gasteiger partial charge in [-0.05, 0) is 41.0 Å². The van der Waals surface area contributed by atoms with Crippen LogP contribution in [0.1, 0.15) is 36.7 Å². The van der Waals surface area contributed by atoms with Crippen molar-refractivity contribution in [2.24, 2.45) is 0 Å². The van der Waals surface area contributed by atoms with Crippen molar-refractivity contribution in [1.29, 1.82) is 0 Å². The van der Waals surface area contributed by atoms with Crippen LogP contribution in [0.5, 0.6) is 5.75 Å². The molecular weight excluding hydrogens is 282 g/mol. The lowest BCUT2D eigenvalue weighted by molar-refractivity contribution is -0.392. The molecule has 0 radical (unpaired) electrons. The number of aromatic nitrogens is 2. The molecule has 0 fully saturated rings. The van der Waals surface area contributed by atoms with Crippen LogP contribution < -0.4 is 4.74 Å². The fraction of sp³-hybridized carbons (Fsp3) is 0.438. The first-order valence-corrected chi connectivity index (χ1v) is 7.30. The maximum absolute atomic E-state index is 10.9. The molecule has 6 heteroatoms. The van der Waals surface area contributed by atoms with Gasteiger partial charge in [0.1, 0.15) is 25.1 Å². The topological polar surface area (TPSA) is 70.2 Å². The minimum Gasteiger partial charge on any atom is -0.489 e. The normalized spacial score (nSPS) is 11.0. The highest BCUT2D eigenvalue weighted by Crippen LogP contribution is 2.23. The summed E-state index contributed by atoms with van der Waals surface area (Å²) in [6, 6.07) is 6.02. The number of nitro groups is 1. The minimum absolute atomic E-state index is 0.00700. The minimum atomic E-state index is -0.429. The van der Waals surface area contributed by atoms with E-state index < -0.39 is 4.92 Å². The zero-order chi connectivity index (χ0) is 16.3. The average Bonchev–Trinajstić information content (AvgIpc) is 2.80. The second kappa shape index (κ2) is 6.60. The lowest BCUT2D eigenvalue weighted by Crippen LogP contribution is -2.12. The number of aryl methyl sites for hydroxylation is 2. The standard InChI is InChI=1S/C16H21N3O3/c1-11(2)15-6-5-14(9-12(15)3)22-8-7-18-13(4)17-10-16(18)19(20)21/h5-6,9-11H,7-8H2,1-4H3. The van der Waals surface area contributed by atoms with E-state index in [0.717, 1.165) is 5.75 Å². The van der Waals surface area contributed by atoms with Crippen molar-refractivity contribution in [3.63, 3.8) is 0 Å². The van der Waals surface area contributed by atoms with E-state index in [4.69, 9.17) is 4.74 Å². The van der Waals surface area contributed by atoms with E-state index in [1.807, 2.05) is 12.1 Å². The molecule has 0 amide bonds.